The molecule has 3 rings (SSSR count). The Labute approximate surface area is 114 Å². The Balaban J connectivity index is 2.08. The van der Waals surface area contributed by atoms with E-state index in [1.807, 2.05) is 0 Å². The van der Waals surface area contributed by atoms with Crippen molar-refractivity contribution in [3.8, 4) is 0 Å². The van der Waals surface area contributed by atoms with Gasteiger partial charge in [0.1, 0.15) is 0 Å². The smallest absolute Gasteiger partial charge is 0.201 e. The minimum Gasteiger partial charge on any atom is -0.369 e. The third-order valence-electron chi connectivity index (χ3n) is 4.39. The van der Waals surface area contributed by atoms with Crippen LogP contribution in [0.25, 0.3) is 11.0 Å². The van der Waals surface area contributed by atoms with Crippen LogP contribution in [-0.2, 0) is 0 Å². The summed E-state index contributed by atoms with van der Waals surface area (Å²) in [6.45, 7) is 6.82. The number of hydrogen-bond donors (Lipinski definition) is 1. The molecule has 1 aliphatic carbocycles. The molecular formula is C16H23N3. The second kappa shape index (κ2) is 4.55. The van der Waals surface area contributed by atoms with Crippen LogP contribution in [0.15, 0.2) is 18.2 Å². The van der Waals surface area contributed by atoms with E-state index in [1.54, 1.807) is 0 Å². The molecule has 0 amide bonds. The maximum absolute atomic E-state index is 6.18. The van der Waals surface area contributed by atoms with E-state index in [4.69, 9.17) is 5.73 Å². The fraction of sp³-hybridized carbons (Fsp3) is 0.562. The molecule has 19 heavy (non-hydrogen) atoms. The summed E-state index contributed by atoms with van der Waals surface area (Å²) in [6.07, 6.45) is 3.77. The van der Waals surface area contributed by atoms with Gasteiger partial charge < -0.3 is 10.3 Å². The first-order valence-corrected chi connectivity index (χ1v) is 7.28. The predicted octanol–water partition coefficient (Wildman–Crippen LogP) is 3.92. The number of anilines is 1. The Morgan fingerprint density at radius 3 is 2.53 bits per heavy atom. The molecule has 2 unspecified atom stereocenters. The molecule has 1 saturated carbocycles. The lowest BCUT2D eigenvalue weighted by molar-refractivity contribution is 0.226. The summed E-state index contributed by atoms with van der Waals surface area (Å²) in [5.74, 6) is 2.22. The summed E-state index contributed by atoms with van der Waals surface area (Å²) in [5, 5.41) is 0. The molecule has 3 nitrogen and oxygen atoms in total. The van der Waals surface area contributed by atoms with E-state index < -0.39 is 0 Å². The third-order valence-corrected chi connectivity index (χ3v) is 4.39. The lowest BCUT2D eigenvalue weighted by Crippen LogP contribution is -2.23. The average molecular weight is 257 g/mol. The van der Waals surface area contributed by atoms with E-state index in [0.717, 1.165) is 17.4 Å². The Kier molecular flexibility index (Phi) is 3.00. The van der Waals surface area contributed by atoms with Crippen LogP contribution in [0, 0.1) is 18.8 Å². The zero-order valence-corrected chi connectivity index (χ0v) is 12.1. The fourth-order valence-electron chi connectivity index (χ4n) is 3.72. The molecule has 0 radical (unpaired) electrons. The summed E-state index contributed by atoms with van der Waals surface area (Å²) in [7, 11) is 0. The first-order chi connectivity index (χ1) is 9.04. The summed E-state index contributed by atoms with van der Waals surface area (Å²) < 4.78 is 2.27. The van der Waals surface area contributed by atoms with Gasteiger partial charge in [0, 0.05) is 6.04 Å². The summed E-state index contributed by atoms with van der Waals surface area (Å²) in [5.41, 5.74) is 9.67. The Morgan fingerprint density at radius 1 is 1.16 bits per heavy atom. The second-order valence-corrected chi connectivity index (χ2v) is 6.40. The minimum absolute atomic E-state index is 0.505. The highest BCUT2D eigenvalue weighted by atomic mass is 15.2. The van der Waals surface area contributed by atoms with E-state index in [9.17, 15) is 0 Å². The number of imidazole rings is 1. The highest BCUT2D eigenvalue weighted by Gasteiger charge is 2.27. The minimum atomic E-state index is 0.505. The van der Waals surface area contributed by atoms with Crippen LogP contribution in [0.2, 0.25) is 0 Å². The van der Waals surface area contributed by atoms with Crippen molar-refractivity contribution < 1.29 is 0 Å². The summed E-state index contributed by atoms with van der Waals surface area (Å²) in [6, 6.07) is 6.90. The van der Waals surface area contributed by atoms with Gasteiger partial charge in [-0.25, -0.2) is 4.98 Å². The third kappa shape index (κ3) is 2.22. The van der Waals surface area contributed by atoms with Gasteiger partial charge in [-0.05, 0) is 55.7 Å². The molecule has 2 N–H and O–H groups in total. The molecule has 1 aromatic carbocycles. The van der Waals surface area contributed by atoms with E-state index in [1.165, 1.54) is 30.3 Å². The van der Waals surface area contributed by atoms with Gasteiger partial charge in [0.15, 0.2) is 0 Å². The maximum Gasteiger partial charge on any atom is 0.201 e. The van der Waals surface area contributed by atoms with Crippen LogP contribution in [0.3, 0.4) is 0 Å². The molecule has 0 spiro atoms. The van der Waals surface area contributed by atoms with Crippen LogP contribution < -0.4 is 5.73 Å². The Hall–Kier alpha value is -1.51. The number of aryl methyl sites for hydroxylation is 1. The molecule has 1 aliphatic rings. The van der Waals surface area contributed by atoms with Crippen LogP contribution in [0.4, 0.5) is 5.95 Å². The summed E-state index contributed by atoms with van der Waals surface area (Å²) in [4.78, 5) is 4.52. The van der Waals surface area contributed by atoms with Gasteiger partial charge in [-0.1, -0.05) is 19.9 Å². The highest BCUT2D eigenvalue weighted by Crippen LogP contribution is 2.38. The van der Waals surface area contributed by atoms with Crippen LogP contribution in [0.5, 0.6) is 0 Å². The number of fused-ring (bicyclic) bond motifs is 1. The Morgan fingerprint density at radius 2 is 1.84 bits per heavy atom. The lowest BCUT2D eigenvalue weighted by Gasteiger charge is -2.33. The van der Waals surface area contributed by atoms with Crippen molar-refractivity contribution >= 4 is 17.0 Å². The number of nitrogen functional groups attached to an aromatic ring is 1. The van der Waals surface area contributed by atoms with Crippen LogP contribution in [0.1, 0.15) is 44.7 Å². The molecule has 3 heteroatoms. The maximum atomic E-state index is 6.18. The standard InChI is InChI=1S/C16H23N3/c1-10-4-5-14-15(9-10)19(16(17)18-14)13-7-11(2)6-12(3)8-13/h4-5,9,11-13H,6-8H2,1-3H3,(H2,17,18). The zero-order chi connectivity index (χ0) is 13.6. The van der Waals surface area contributed by atoms with E-state index in [0.29, 0.717) is 12.0 Å². The largest absolute Gasteiger partial charge is 0.369 e. The lowest BCUT2D eigenvalue weighted by atomic mass is 9.80. The molecule has 1 fully saturated rings. The predicted molar refractivity (Wildman–Crippen MR) is 80.1 cm³/mol. The van der Waals surface area contributed by atoms with Gasteiger partial charge in [-0.15, -0.1) is 0 Å². The average Bonchev–Trinajstić information content (AvgIpc) is 2.63. The number of nitrogens with zero attached hydrogens (tertiary/aromatic N) is 2. The van der Waals surface area contributed by atoms with Gasteiger partial charge in [0.05, 0.1) is 11.0 Å². The first-order valence-electron chi connectivity index (χ1n) is 7.28. The molecule has 102 valence electrons. The molecule has 1 heterocycles. The van der Waals surface area contributed by atoms with Crippen LogP contribution >= 0.6 is 0 Å². The van der Waals surface area contributed by atoms with Crippen molar-refractivity contribution in [1.29, 1.82) is 0 Å². The molecule has 0 bridgehead atoms. The first kappa shape index (κ1) is 12.5. The van der Waals surface area contributed by atoms with Crippen molar-refractivity contribution in [2.75, 3.05) is 5.73 Å². The Bertz CT molecular complexity index is 589. The van der Waals surface area contributed by atoms with Crippen molar-refractivity contribution in [2.24, 2.45) is 11.8 Å². The van der Waals surface area contributed by atoms with Crippen molar-refractivity contribution in [3.05, 3.63) is 23.8 Å². The van der Waals surface area contributed by atoms with E-state index >= 15 is 0 Å². The SMILES string of the molecule is Cc1ccc2nc(N)n(C3CC(C)CC(C)C3)c2c1. The van der Waals surface area contributed by atoms with Gasteiger partial charge in [0.2, 0.25) is 5.95 Å². The van der Waals surface area contributed by atoms with Crippen molar-refractivity contribution in [2.45, 2.75) is 46.1 Å². The second-order valence-electron chi connectivity index (χ2n) is 6.40. The number of benzene rings is 1. The van der Waals surface area contributed by atoms with Crippen LogP contribution in [-0.4, -0.2) is 9.55 Å². The van der Waals surface area contributed by atoms with Crippen molar-refractivity contribution in [3.63, 3.8) is 0 Å². The fourth-order valence-corrected chi connectivity index (χ4v) is 3.72. The normalized spacial score (nSPS) is 27.8. The number of nitrogens with two attached hydrogens (primary N) is 1. The molecule has 0 saturated heterocycles. The number of rotatable bonds is 1. The summed E-state index contributed by atoms with van der Waals surface area (Å²) >= 11 is 0. The quantitative estimate of drug-likeness (QED) is 0.841. The van der Waals surface area contributed by atoms with Gasteiger partial charge in [-0.3, -0.25) is 0 Å². The van der Waals surface area contributed by atoms with Gasteiger partial charge >= 0.3 is 0 Å². The molecular weight excluding hydrogens is 234 g/mol. The molecule has 1 aromatic heterocycles. The van der Waals surface area contributed by atoms with E-state index in [2.05, 4.69) is 48.5 Å². The van der Waals surface area contributed by atoms with Crippen molar-refractivity contribution in [1.82, 2.24) is 9.55 Å². The molecule has 0 aliphatic heterocycles. The topological polar surface area (TPSA) is 43.8 Å². The molecule has 2 aromatic rings. The number of aromatic nitrogens is 2. The monoisotopic (exact) mass is 257 g/mol. The van der Waals surface area contributed by atoms with Gasteiger partial charge in [0.25, 0.3) is 0 Å². The highest BCUT2D eigenvalue weighted by molar-refractivity contribution is 5.79. The zero-order valence-electron chi connectivity index (χ0n) is 12.1. The molecule has 2 atom stereocenters. The number of hydrogen-bond acceptors (Lipinski definition) is 2. The van der Waals surface area contributed by atoms with E-state index in [-0.39, 0.29) is 0 Å². The van der Waals surface area contributed by atoms with Gasteiger partial charge in [-0.2, -0.15) is 0 Å².